The number of aromatic nitrogens is 2. The van der Waals surface area contributed by atoms with Crippen LogP contribution in [0.4, 0.5) is 0 Å². The van der Waals surface area contributed by atoms with Crippen molar-refractivity contribution in [2.45, 2.75) is 20.3 Å². The van der Waals surface area contributed by atoms with Gasteiger partial charge in [-0.05, 0) is 37.6 Å². The molecular formula is C13H12ClN3. The van der Waals surface area contributed by atoms with Crippen molar-refractivity contribution >= 4 is 11.6 Å². The van der Waals surface area contributed by atoms with E-state index in [-0.39, 0.29) is 0 Å². The Morgan fingerprint density at radius 1 is 1.35 bits per heavy atom. The molecule has 1 aromatic heterocycles. The molecular weight excluding hydrogens is 234 g/mol. The Kier molecular flexibility index (Phi) is 3.16. The number of benzene rings is 1. The molecule has 1 heterocycles. The monoisotopic (exact) mass is 245 g/mol. The van der Waals surface area contributed by atoms with Gasteiger partial charge in [-0.15, -0.1) is 0 Å². The second-order valence-corrected chi connectivity index (χ2v) is 4.36. The molecule has 17 heavy (non-hydrogen) atoms. The number of hydrogen-bond donors (Lipinski definition) is 0. The summed E-state index contributed by atoms with van der Waals surface area (Å²) in [5.74, 6) is 0. The van der Waals surface area contributed by atoms with Crippen LogP contribution in [0.5, 0.6) is 0 Å². The van der Waals surface area contributed by atoms with Gasteiger partial charge in [0.2, 0.25) is 0 Å². The normalized spacial score (nSPS) is 10.2. The van der Waals surface area contributed by atoms with Crippen molar-refractivity contribution in [2.24, 2.45) is 0 Å². The summed E-state index contributed by atoms with van der Waals surface area (Å²) >= 11 is 6.09. The van der Waals surface area contributed by atoms with Crippen molar-refractivity contribution in [3.8, 4) is 11.8 Å². The third kappa shape index (κ3) is 2.32. The number of halogens is 1. The second-order valence-electron chi connectivity index (χ2n) is 3.96. The molecule has 0 atom stereocenters. The molecule has 2 aromatic rings. The molecule has 0 bridgehead atoms. The van der Waals surface area contributed by atoms with E-state index < -0.39 is 0 Å². The Balaban J connectivity index is 2.46. The number of nitriles is 1. The lowest BCUT2D eigenvalue weighted by Crippen LogP contribution is -1.99. The highest BCUT2D eigenvalue weighted by Crippen LogP contribution is 2.20. The Hall–Kier alpha value is -1.79. The summed E-state index contributed by atoms with van der Waals surface area (Å²) in [6.45, 7) is 3.92. The third-order valence-corrected chi connectivity index (χ3v) is 3.01. The van der Waals surface area contributed by atoms with Gasteiger partial charge in [0.25, 0.3) is 0 Å². The molecule has 1 aromatic carbocycles. The average Bonchev–Trinajstić information content (AvgIpc) is 2.64. The first-order valence-electron chi connectivity index (χ1n) is 5.31. The first-order valence-corrected chi connectivity index (χ1v) is 5.68. The van der Waals surface area contributed by atoms with Gasteiger partial charge in [0.15, 0.2) is 0 Å². The van der Waals surface area contributed by atoms with E-state index in [1.54, 1.807) is 4.68 Å². The maximum Gasteiger partial charge on any atom is 0.0793 e. The lowest BCUT2D eigenvalue weighted by Gasteiger charge is -2.06. The minimum absolute atomic E-state index is 0.327. The number of rotatable bonds is 2. The molecule has 2 rings (SSSR count). The van der Waals surface area contributed by atoms with Crippen LogP contribution < -0.4 is 0 Å². The molecule has 0 amide bonds. The average molecular weight is 246 g/mol. The van der Waals surface area contributed by atoms with Crippen LogP contribution in [0.1, 0.15) is 17.0 Å². The fraction of sp³-hybridized carbons (Fsp3) is 0.231. The first kappa shape index (κ1) is 11.7. The predicted octanol–water partition coefficient (Wildman–Crippen LogP) is 3.21. The van der Waals surface area contributed by atoms with Crippen molar-refractivity contribution in [2.75, 3.05) is 0 Å². The standard InChI is InChI=1S/C13H12ClN3/c1-9-3-4-12(8-13(9)14)17-10(2)7-11(16-17)5-6-15/h3-4,7-8H,5H2,1-2H3. The van der Waals surface area contributed by atoms with E-state index in [0.29, 0.717) is 6.42 Å². The smallest absolute Gasteiger partial charge is 0.0793 e. The van der Waals surface area contributed by atoms with Crippen LogP contribution in [0.15, 0.2) is 24.3 Å². The highest BCUT2D eigenvalue weighted by atomic mass is 35.5. The van der Waals surface area contributed by atoms with E-state index in [1.807, 2.05) is 38.1 Å². The van der Waals surface area contributed by atoms with Crippen LogP contribution in [0.3, 0.4) is 0 Å². The van der Waals surface area contributed by atoms with Gasteiger partial charge in [0.05, 0.1) is 23.9 Å². The summed E-state index contributed by atoms with van der Waals surface area (Å²) in [5, 5.41) is 13.7. The molecule has 0 aliphatic carbocycles. The van der Waals surface area contributed by atoms with Gasteiger partial charge in [-0.3, -0.25) is 0 Å². The Labute approximate surface area is 105 Å². The molecule has 0 fully saturated rings. The van der Waals surface area contributed by atoms with Crippen LogP contribution in [0.2, 0.25) is 5.02 Å². The van der Waals surface area contributed by atoms with Crippen molar-refractivity contribution in [1.82, 2.24) is 9.78 Å². The first-order chi connectivity index (χ1) is 8.11. The van der Waals surface area contributed by atoms with E-state index in [9.17, 15) is 0 Å². The van der Waals surface area contributed by atoms with E-state index in [4.69, 9.17) is 16.9 Å². The summed E-state index contributed by atoms with van der Waals surface area (Å²) < 4.78 is 1.80. The topological polar surface area (TPSA) is 41.6 Å². The molecule has 3 nitrogen and oxygen atoms in total. The number of aryl methyl sites for hydroxylation is 2. The Bertz CT molecular complexity index is 593. The quantitative estimate of drug-likeness (QED) is 0.815. The number of nitrogens with zero attached hydrogens (tertiary/aromatic N) is 3. The van der Waals surface area contributed by atoms with Gasteiger partial charge >= 0.3 is 0 Å². The molecule has 0 N–H and O–H groups in total. The van der Waals surface area contributed by atoms with Crippen LogP contribution in [0.25, 0.3) is 5.69 Å². The van der Waals surface area contributed by atoms with E-state index in [2.05, 4.69) is 11.2 Å². The molecule has 4 heteroatoms. The summed E-state index contributed by atoms with van der Waals surface area (Å²) in [4.78, 5) is 0. The van der Waals surface area contributed by atoms with Crippen molar-refractivity contribution in [3.05, 3.63) is 46.2 Å². The molecule has 0 aliphatic rings. The van der Waals surface area contributed by atoms with Crippen molar-refractivity contribution < 1.29 is 0 Å². The van der Waals surface area contributed by atoms with Gasteiger partial charge in [-0.2, -0.15) is 10.4 Å². The lowest BCUT2D eigenvalue weighted by atomic mass is 10.2. The Morgan fingerprint density at radius 3 is 2.76 bits per heavy atom. The van der Waals surface area contributed by atoms with Gasteiger partial charge in [-0.25, -0.2) is 4.68 Å². The minimum Gasteiger partial charge on any atom is -0.238 e. The number of hydrogen-bond acceptors (Lipinski definition) is 2. The largest absolute Gasteiger partial charge is 0.238 e. The predicted molar refractivity (Wildman–Crippen MR) is 67.4 cm³/mol. The van der Waals surface area contributed by atoms with Crippen molar-refractivity contribution in [1.29, 1.82) is 5.26 Å². The highest BCUT2D eigenvalue weighted by Gasteiger charge is 2.07. The van der Waals surface area contributed by atoms with Gasteiger partial charge in [0, 0.05) is 10.7 Å². The van der Waals surface area contributed by atoms with E-state index >= 15 is 0 Å². The van der Waals surface area contributed by atoms with Gasteiger partial charge in [0.1, 0.15) is 0 Å². The summed E-state index contributed by atoms with van der Waals surface area (Å²) in [6.07, 6.45) is 0.327. The van der Waals surface area contributed by atoms with E-state index in [0.717, 1.165) is 27.7 Å². The molecule has 0 saturated carbocycles. The van der Waals surface area contributed by atoms with Crippen molar-refractivity contribution in [3.63, 3.8) is 0 Å². The summed E-state index contributed by atoms with van der Waals surface area (Å²) in [5.41, 5.74) is 3.73. The second kappa shape index (κ2) is 4.60. The molecule has 0 radical (unpaired) electrons. The zero-order valence-electron chi connectivity index (χ0n) is 9.74. The van der Waals surface area contributed by atoms with Crippen LogP contribution in [-0.4, -0.2) is 9.78 Å². The maximum absolute atomic E-state index is 8.65. The summed E-state index contributed by atoms with van der Waals surface area (Å²) in [6, 6.07) is 9.82. The zero-order valence-corrected chi connectivity index (χ0v) is 10.5. The Morgan fingerprint density at radius 2 is 2.12 bits per heavy atom. The fourth-order valence-electron chi connectivity index (χ4n) is 1.68. The van der Waals surface area contributed by atoms with Gasteiger partial charge < -0.3 is 0 Å². The van der Waals surface area contributed by atoms with E-state index in [1.165, 1.54) is 0 Å². The third-order valence-electron chi connectivity index (χ3n) is 2.60. The minimum atomic E-state index is 0.327. The van der Waals surface area contributed by atoms with Crippen LogP contribution in [0, 0.1) is 25.2 Å². The molecule has 0 saturated heterocycles. The molecule has 86 valence electrons. The van der Waals surface area contributed by atoms with Gasteiger partial charge in [-0.1, -0.05) is 17.7 Å². The lowest BCUT2D eigenvalue weighted by molar-refractivity contribution is 0.826. The van der Waals surface area contributed by atoms with Crippen LogP contribution >= 0.6 is 11.6 Å². The zero-order chi connectivity index (χ0) is 12.4. The fourth-order valence-corrected chi connectivity index (χ4v) is 1.86. The maximum atomic E-state index is 8.65. The molecule has 0 aliphatic heterocycles. The molecule has 0 unspecified atom stereocenters. The molecule has 0 spiro atoms. The SMILES string of the molecule is Cc1ccc(-n2nc(CC#N)cc2C)cc1Cl. The summed E-state index contributed by atoms with van der Waals surface area (Å²) in [7, 11) is 0. The highest BCUT2D eigenvalue weighted by molar-refractivity contribution is 6.31. The van der Waals surface area contributed by atoms with Crippen LogP contribution in [-0.2, 0) is 6.42 Å².